The van der Waals surface area contributed by atoms with Crippen LogP contribution in [0.3, 0.4) is 0 Å². The van der Waals surface area contributed by atoms with Crippen LogP contribution in [-0.2, 0) is 0 Å². The van der Waals surface area contributed by atoms with E-state index in [0.29, 0.717) is 23.0 Å². The maximum atomic E-state index is 6.62. The molecule has 108 heavy (non-hydrogen) atoms. The summed E-state index contributed by atoms with van der Waals surface area (Å²) in [6.45, 7) is 0. The Kier molecular flexibility index (Phi) is 14.7. The first kappa shape index (κ1) is 62.0. The maximum Gasteiger partial charge on any atom is 0.127 e. The first-order valence-corrected chi connectivity index (χ1v) is 36.4. The summed E-state index contributed by atoms with van der Waals surface area (Å²) in [5.74, 6) is 5.78. The van der Waals surface area contributed by atoms with E-state index < -0.39 is 0 Å². The van der Waals surface area contributed by atoms with E-state index in [1.54, 1.807) is 0 Å². The molecule has 0 saturated carbocycles. The first-order chi connectivity index (χ1) is 53.5. The van der Waals surface area contributed by atoms with E-state index in [0.717, 1.165) is 199 Å². The van der Waals surface area contributed by atoms with Gasteiger partial charge < -0.3 is 28.9 Å². The largest absolute Gasteiger partial charge is 0.457 e. The number of para-hydroxylation sites is 4. The molecule has 0 amide bonds. The molecule has 4 heterocycles. The Balaban J connectivity index is 0.995. The zero-order valence-corrected chi connectivity index (χ0v) is 58.2. The second-order valence-electron chi connectivity index (χ2n) is 27.6. The number of aromatic amines is 2. The van der Waals surface area contributed by atoms with Crippen LogP contribution in [0.4, 0.5) is 0 Å². The van der Waals surface area contributed by atoms with Crippen molar-refractivity contribution in [1.29, 1.82) is 0 Å². The lowest BCUT2D eigenvalue weighted by atomic mass is 9.91. The molecule has 0 atom stereocenters. The molecule has 8 nitrogen and oxygen atoms in total. The number of hydrogen-bond donors (Lipinski definition) is 2. The highest BCUT2D eigenvalue weighted by molar-refractivity contribution is 6.25. The summed E-state index contributed by atoms with van der Waals surface area (Å²) in [6.07, 6.45) is 0. The summed E-state index contributed by atoms with van der Waals surface area (Å²) < 4.78 is 26.5. The maximum absolute atomic E-state index is 6.62. The Bertz CT molecular complexity index is 6150. The van der Waals surface area contributed by atoms with Crippen LogP contribution in [0.1, 0.15) is 0 Å². The number of nitrogens with one attached hydrogen (secondary N) is 2. The average Bonchev–Trinajstić information content (AvgIpc) is 1.55. The van der Waals surface area contributed by atoms with Gasteiger partial charge in [0.15, 0.2) is 0 Å². The molecule has 8 bridgehead atoms. The lowest BCUT2D eigenvalue weighted by Crippen LogP contribution is -1.89. The van der Waals surface area contributed by atoms with Crippen molar-refractivity contribution in [2.75, 3.05) is 0 Å². The third-order valence-corrected chi connectivity index (χ3v) is 21.0. The van der Waals surface area contributed by atoms with Crippen LogP contribution in [0.15, 0.2) is 364 Å². The topological polar surface area (TPSA) is 94.3 Å². The van der Waals surface area contributed by atoms with Crippen LogP contribution in [0.25, 0.3) is 176 Å². The van der Waals surface area contributed by atoms with Crippen LogP contribution in [0, 0.1) is 0 Å². The molecule has 3 aliphatic rings. The molecule has 0 saturated heterocycles. The lowest BCUT2D eigenvalue weighted by molar-refractivity contribution is 0.482. The van der Waals surface area contributed by atoms with Gasteiger partial charge in [-0.3, -0.25) is 0 Å². The highest BCUT2D eigenvalue weighted by Crippen LogP contribution is 2.54. The van der Waals surface area contributed by atoms with E-state index in [1.165, 1.54) is 0 Å². The molecule has 21 rings (SSSR count). The van der Waals surface area contributed by atoms with Crippen molar-refractivity contribution >= 4 is 86.7 Å². The third kappa shape index (κ3) is 10.9. The van der Waals surface area contributed by atoms with Gasteiger partial charge in [0.1, 0.15) is 46.0 Å². The van der Waals surface area contributed by atoms with Crippen molar-refractivity contribution in [1.82, 2.24) is 19.9 Å². The van der Waals surface area contributed by atoms with Crippen LogP contribution >= 0.6 is 0 Å². The van der Waals surface area contributed by atoms with E-state index >= 15 is 0 Å². The zero-order valence-electron chi connectivity index (χ0n) is 58.2. The average molecular weight is 1380 g/mol. The fourth-order valence-corrected chi connectivity index (χ4v) is 16.0. The van der Waals surface area contributed by atoms with Gasteiger partial charge in [-0.15, -0.1) is 0 Å². The monoisotopic (exact) mass is 1380 g/mol. The van der Waals surface area contributed by atoms with Gasteiger partial charge in [-0.05, 0) is 211 Å². The fraction of sp³-hybridized carbons (Fsp3) is 0. The summed E-state index contributed by atoms with van der Waals surface area (Å²) in [6, 6.07) is 127. The van der Waals surface area contributed by atoms with E-state index in [9.17, 15) is 0 Å². The molecule has 506 valence electrons. The van der Waals surface area contributed by atoms with Crippen molar-refractivity contribution in [3.8, 4) is 136 Å². The van der Waals surface area contributed by atoms with Gasteiger partial charge in [-0.1, -0.05) is 218 Å². The highest BCUT2D eigenvalue weighted by Gasteiger charge is 2.32. The van der Waals surface area contributed by atoms with Crippen molar-refractivity contribution < 1.29 is 18.9 Å². The predicted molar refractivity (Wildman–Crippen MR) is 443 cm³/mol. The number of benzene rings is 16. The Hall–Kier alpha value is -14.6. The first-order valence-electron chi connectivity index (χ1n) is 36.4. The minimum Gasteiger partial charge on any atom is -0.457 e. The molecule has 18 aromatic rings. The molecular weight excluding hydrogens is 1320 g/mol. The smallest absolute Gasteiger partial charge is 0.127 e. The van der Waals surface area contributed by atoms with Gasteiger partial charge in [0, 0.05) is 66.1 Å². The summed E-state index contributed by atoms with van der Waals surface area (Å²) in [5, 5.41) is 12.7. The van der Waals surface area contributed by atoms with Gasteiger partial charge in [-0.25, -0.2) is 9.97 Å². The number of ether oxygens (including phenoxy) is 4. The molecule has 1 aliphatic carbocycles. The standard InChI is InChI=1S/C100H62N4O4/c1-5-29-73(30-6-1)105-77-45-37-61(38-46-77)89-93-81-53-65-21-13-15-23-67(65)55-83(81)95(101-93)90(62-39-47-78(48-40-62)106-74-31-7-2-8-32-74)97-85-57-69-25-17-19-27-71(69)59-87(85)99(103-97)92(64-43-51-80(52-44-64)108-76-35-11-4-12-36-76)100-88-60-72-28-20-18-26-70(72)58-86(88)98(104-100)91(63-41-49-79(50-42-63)107-75-33-9-3-10-34-75)96-84-56-68-24-16-14-22-66(68)54-82(84)94(89)102-96/h1-60,101,104H. The van der Waals surface area contributed by atoms with E-state index in [1.807, 2.05) is 121 Å². The number of nitrogens with zero attached hydrogens (tertiary/aromatic N) is 2. The van der Waals surface area contributed by atoms with Gasteiger partial charge in [0.25, 0.3) is 0 Å². The summed E-state index contributed by atoms with van der Waals surface area (Å²) in [7, 11) is 0. The minimum absolute atomic E-state index is 0.700. The molecule has 0 spiro atoms. The number of hydrogen-bond acceptors (Lipinski definition) is 6. The van der Waals surface area contributed by atoms with Crippen molar-refractivity contribution in [2.24, 2.45) is 0 Å². The molecule has 0 radical (unpaired) electrons. The van der Waals surface area contributed by atoms with E-state index in [4.69, 9.17) is 28.9 Å². The zero-order chi connectivity index (χ0) is 71.2. The number of fused-ring (bicyclic) bond motifs is 4. The molecule has 0 unspecified atom stereocenters. The number of aromatic nitrogens is 4. The van der Waals surface area contributed by atoms with Crippen LogP contribution in [0.2, 0.25) is 0 Å². The Morgan fingerprint density at radius 1 is 0.176 bits per heavy atom. The van der Waals surface area contributed by atoms with Gasteiger partial charge in [-0.2, -0.15) is 0 Å². The summed E-state index contributed by atoms with van der Waals surface area (Å²) >= 11 is 0. The third-order valence-electron chi connectivity index (χ3n) is 21.0. The van der Waals surface area contributed by atoms with Crippen LogP contribution in [0.5, 0.6) is 46.0 Å². The molecular formula is C100H62N4O4. The van der Waals surface area contributed by atoms with Crippen molar-refractivity contribution in [2.45, 2.75) is 0 Å². The van der Waals surface area contributed by atoms with Gasteiger partial charge in [0.05, 0.1) is 44.8 Å². The van der Waals surface area contributed by atoms with Crippen LogP contribution < -0.4 is 18.9 Å². The molecule has 2 aromatic heterocycles. The molecule has 8 heteroatoms. The molecule has 2 N–H and O–H groups in total. The second kappa shape index (κ2) is 25.7. The SMILES string of the molecule is c1ccc(Oc2ccc(-c3c4nc(c(-c5ccc(Oc6ccccc6)cc5)c5[nH]c(c(-c6ccc(Oc7ccccc7)cc6)c6nc(c(-c7ccc(Oc8ccccc8)cc7)c7[nH]c3c3cc8ccccc8cc73)-c3cc7ccccc7cc3-6)c3cc6ccccc6cc53)-c3cc5ccccc5cc3-4)cc2)cc1. The van der Waals surface area contributed by atoms with Gasteiger partial charge in [0.2, 0.25) is 0 Å². The van der Waals surface area contributed by atoms with Crippen molar-refractivity contribution in [3.05, 3.63) is 364 Å². The minimum atomic E-state index is 0.700. The van der Waals surface area contributed by atoms with Crippen LogP contribution in [-0.4, -0.2) is 19.9 Å². The highest BCUT2D eigenvalue weighted by atomic mass is 16.5. The second-order valence-corrected chi connectivity index (χ2v) is 27.6. The van der Waals surface area contributed by atoms with E-state index in [-0.39, 0.29) is 0 Å². The molecule has 16 aromatic carbocycles. The van der Waals surface area contributed by atoms with Gasteiger partial charge >= 0.3 is 0 Å². The van der Waals surface area contributed by atoms with E-state index in [2.05, 4.69) is 253 Å². The molecule has 2 aliphatic heterocycles. The summed E-state index contributed by atoms with van der Waals surface area (Å²) in [4.78, 5) is 21.4. The normalized spacial score (nSPS) is 11.7. The Labute approximate surface area is 621 Å². The summed E-state index contributed by atoms with van der Waals surface area (Å²) in [5.41, 5.74) is 17.9. The predicted octanol–water partition coefficient (Wildman–Crippen LogP) is 27.7. The lowest BCUT2D eigenvalue weighted by Gasteiger charge is -2.12. The quantitative estimate of drug-likeness (QED) is 0.127. The number of rotatable bonds is 12. The fourth-order valence-electron chi connectivity index (χ4n) is 16.0. The number of H-pyrrole nitrogens is 2. The Morgan fingerprint density at radius 3 is 0.556 bits per heavy atom. The Morgan fingerprint density at radius 2 is 0.352 bits per heavy atom. The molecule has 0 fully saturated rings. The van der Waals surface area contributed by atoms with Crippen molar-refractivity contribution in [3.63, 3.8) is 0 Å².